The Kier molecular flexibility index (Phi) is 4.43. The maximum absolute atomic E-state index is 11.5. The third kappa shape index (κ3) is 3.45. The van der Waals surface area contributed by atoms with E-state index in [4.69, 9.17) is 22.1 Å². The van der Waals surface area contributed by atoms with Crippen LogP contribution in [0.15, 0.2) is 54.6 Å². The molecule has 0 saturated heterocycles. The molecule has 1 aromatic heterocycles. The van der Waals surface area contributed by atoms with Crippen LogP contribution < -0.4 is 10.5 Å². The van der Waals surface area contributed by atoms with Crippen LogP contribution in [0.1, 0.15) is 16.2 Å². The van der Waals surface area contributed by atoms with Crippen molar-refractivity contribution < 1.29 is 9.53 Å². The van der Waals surface area contributed by atoms with Crippen LogP contribution in [0.3, 0.4) is 0 Å². The molecule has 0 radical (unpaired) electrons. The summed E-state index contributed by atoms with van der Waals surface area (Å²) >= 11 is 6.03. The number of nitrogens with two attached hydrogens (primary N) is 1. The number of primary amides is 1. The number of hydrogen-bond acceptors (Lipinski definition) is 5. The highest BCUT2D eigenvalue weighted by Gasteiger charge is 2.14. The number of carbonyl (C=O) groups is 1. The number of halogens is 1. The fourth-order valence-electron chi connectivity index (χ4n) is 2.88. The fraction of sp³-hybridized carbons (Fsp3) is 0.0526. The average molecular weight is 380 g/mol. The van der Waals surface area contributed by atoms with Crippen LogP contribution in [0.2, 0.25) is 5.02 Å². The molecule has 4 aromatic rings. The van der Waals surface area contributed by atoms with Gasteiger partial charge >= 0.3 is 0 Å². The van der Waals surface area contributed by atoms with Gasteiger partial charge in [-0.1, -0.05) is 41.1 Å². The zero-order chi connectivity index (χ0) is 18.8. The van der Waals surface area contributed by atoms with Crippen molar-refractivity contribution in [3.05, 3.63) is 71.0 Å². The van der Waals surface area contributed by atoms with Gasteiger partial charge in [0, 0.05) is 16.1 Å². The van der Waals surface area contributed by atoms with Crippen LogP contribution in [0.25, 0.3) is 21.9 Å². The minimum absolute atomic E-state index is 0.169. The maximum atomic E-state index is 11.5. The molecule has 7 nitrogen and oxygen atoms in total. The molecule has 0 atom stereocenters. The van der Waals surface area contributed by atoms with Crippen molar-refractivity contribution in [2.75, 3.05) is 0 Å². The van der Waals surface area contributed by atoms with Gasteiger partial charge in [0.15, 0.2) is 6.61 Å². The Hall–Kier alpha value is -3.45. The summed E-state index contributed by atoms with van der Waals surface area (Å²) < 4.78 is 5.94. The molecule has 0 bridgehead atoms. The number of nitrogens with zero attached hydrogens (tertiary/aromatic N) is 3. The van der Waals surface area contributed by atoms with E-state index in [-0.39, 0.29) is 6.61 Å². The van der Waals surface area contributed by atoms with Crippen LogP contribution in [0.5, 0.6) is 5.75 Å². The monoisotopic (exact) mass is 379 g/mol. The number of aromatic nitrogens is 4. The van der Waals surface area contributed by atoms with Crippen LogP contribution in [-0.4, -0.2) is 26.5 Å². The van der Waals surface area contributed by atoms with Crippen LogP contribution in [0.4, 0.5) is 0 Å². The minimum atomic E-state index is -0.470. The summed E-state index contributed by atoms with van der Waals surface area (Å²) in [5, 5.41) is 16.2. The van der Waals surface area contributed by atoms with Gasteiger partial charge in [-0.2, -0.15) is 5.21 Å². The summed E-state index contributed by atoms with van der Waals surface area (Å²) in [6, 6.07) is 16.5. The molecule has 0 unspecified atom stereocenters. The first kappa shape index (κ1) is 17.0. The largest absolute Gasteiger partial charge is 0.485 e. The molecule has 0 aliphatic carbocycles. The summed E-state index contributed by atoms with van der Waals surface area (Å²) in [5.41, 5.74) is 7.66. The molecule has 0 aliphatic rings. The number of nitrogens with one attached hydrogen (secondary N) is 1. The SMILES string of the molecule is NC(=O)c1ccc2c(-c3ccc(Cl)cc3)c(OCc3nn[nH]n3)ccc2c1. The molecule has 4 rings (SSSR count). The quantitative estimate of drug-likeness (QED) is 0.553. The summed E-state index contributed by atoms with van der Waals surface area (Å²) in [4.78, 5) is 11.5. The second kappa shape index (κ2) is 7.05. The molecular formula is C19H14ClN5O2. The van der Waals surface area contributed by atoms with Gasteiger partial charge in [-0.15, -0.1) is 10.2 Å². The molecule has 27 heavy (non-hydrogen) atoms. The van der Waals surface area contributed by atoms with E-state index >= 15 is 0 Å². The van der Waals surface area contributed by atoms with Crippen molar-refractivity contribution in [3.63, 3.8) is 0 Å². The van der Waals surface area contributed by atoms with E-state index in [9.17, 15) is 4.79 Å². The van der Waals surface area contributed by atoms with Crippen LogP contribution in [0, 0.1) is 0 Å². The summed E-state index contributed by atoms with van der Waals surface area (Å²) in [6.45, 7) is 0.169. The second-order valence-corrected chi connectivity index (χ2v) is 6.30. The molecule has 0 saturated carbocycles. The molecule has 134 valence electrons. The van der Waals surface area contributed by atoms with E-state index in [0.717, 1.165) is 21.9 Å². The zero-order valence-corrected chi connectivity index (χ0v) is 14.8. The molecule has 1 amide bonds. The lowest BCUT2D eigenvalue weighted by Gasteiger charge is -2.14. The van der Waals surface area contributed by atoms with E-state index in [1.54, 1.807) is 12.1 Å². The minimum Gasteiger partial charge on any atom is -0.485 e. The number of tetrazole rings is 1. The normalized spacial score (nSPS) is 10.9. The number of fused-ring (bicyclic) bond motifs is 1. The van der Waals surface area contributed by atoms with Gasteiger partial charge in [0.05, 0.1) is 0 Å². The predicted molar refractivity (Wildman–Crippen MR) is 101 cm³/mol. The third-order valence-electron chi connectivity index (χ3n) is 4.14. The van der Waals surface area contributed by atoms with E-state index in [2.05, 4.69) is 20.6 Å². The number of amides is 1. The van der Waals surface area contributed by atoms with Gasteiger partial charge in [0.1, 0.15) is 5.75 Å². The highest BCUT2D eigenvalue weighted by molar-refractivity contribution is 6.30. The highest BCUT2D eigenvalue weighted by atomic mass is 35.5. The first-order valence-corrected chi connectivity index (χ1v) is 8.47. The number of H-pyrrole nitrogens is 1. The molecule has 3 aromatic carbocycles. The lowest BCUT2D eigenvalue weighted by atomic mass is 9.96. The maximum Gasteiger partial charge on any atom is 0.248 e. The molecule has 0 fully saturated rings. The Labute approximate surface area is 159 Å². The Balaban J connectivity index is 1.85. The smallest absolute Gasteiger partial charge is 0.248 e. The predicted octanol–water partition coefficient (Wildman–Crippen LogP) is 3.35. The number of aromatic amines is 1. The number of benzene rings is 3. The third-order valence-corrected chi connectivity index (χ3v) is 4.40. The lowest BCUT2D eigenvalue weighted by molar-refractivity contribution is 0.100. The second-order valence-electron chi connectivity index (χ2n) is 5.86. The topological polar surface area (TPSA) is 107 Å². The standard InChI is InChI=1S/C19H14ClN5O2/c20-14-5-1-11(2-6-14)18-15-7-3-13(19(21)26)9-12(15)4-8-16(18)27-10-17-22-24-25-23-17/h1-9H,10H2,(H2,21,26)(H,22,23,24,25). The van der Waals surface area contributed by atoms with Gasteiger partial charge < -0.3 is 10.5 Å². The first-order chi connectivity index (χ1) is 13.1. The summed E-state index contributed by atoms with van der Waals surface area (Å²) in [5.74, 6) is 0.630. The fourth-order valence-corrected chi connectivity index (χ4v) is 3.01. The average Bonchev–Trinajstić information content (AvgIpc) is 3.20. The number of carbonyl (C=O) groups excluding carboxylic acids is 1. The van der Waals surface area contributed by atoms with Crippen molar-refractivity contribution in [3.8, 4) is 16.9 Å². The molecule has 0 aliphatic heterocycles. The van der Waals surface area contributed by atoms with Crippen molar-refractivity contribution in [2.24, 2.45) is 5.73 Å². The summed E-state index contributed by atoms with van der Waals surface area (Å²) in [6.07, 6.45) is 0. The van der Waals surface area contributed by atoms with Crippen LogP contribution in [-0.2, 0) is 6.61 Å². The molecule has 8 heteroatoms. The van der Waals surface area contributed by atoms with Crippen molar-refractivity contribution in [1.29, 1.82) is 0 Å². The Bertz CT molecular complexity index is 1110. The molecule has 3 N–H and O–H groups in total. The number of ether oxygens (including phenoxy) is 1. The van der Waals surface area contributed by atoms with E-state index in [0.29, 0.717) is 22.2 Å². The van der Waals surface area contributed by atoms with E-state index < -0.39 is 5.91 Å². The highest BCUT2D eigenvalue weighted by Crippen LogP contribution is 2.38. The van der Waals surface area contributed by atoms with E-state index in [1.165, 1.54) is 0 Å². The Morgan fingerprint density at radius 1 is 1.11 bits per heavy atom. The molecular weight excluding hydrogens is 366 g/mol. The van der Waals surface area contributed by atoms with Crippen LogP contribution >= 0.6 is 11.6 Å². The van der Waals surface area contributed by atoms with Gasteiger partial charge in [0.2, 0.25) is 11.7 Å². The number of rotatable bonds is 5. The van der Waals surface area contributed by atoms with Gasteiger partial charge in [-0.3, -0.25) is 4.79 Å². The number of hydrogen-bond donors (Lipinski definition) is 2. The van der Waals surface area contributed by atoms with Gasteiger partial charge in [-0.25, -0.2) is 0 Å². The van der Waals surface area contributed by atoms with Gasteiger partial charge in [0.25, 0.3) is 0 Å². The van der Waals surface area contributed by atoms with Crippen molar-refractivity contribution in [2.45, 2.75) is 6.61 Å². The van der Waals surface area contributed by atoms with Crippen molar-refractivity contribution in [1.82, 2.24) is 20.6 Å². The molecule has 1 heterocycles. The van der Waals surface area contributed by atoms with Crippen molar-refractivity contribution >= 4 is 28.3 Å². The van der Waals surface area contributed by atoms with Gasteiger partial charge in [-0.05, 0) is 46.7 Å². The zero-order valence-electron chi connectivity index (χ0n) is 14.0. The Morgan fingerprint density at radius 2 is 1.93 bits per heavy atom. The first-order valence-electron chi connectivity index (χ1n) is 8.09. The molecule has 0 spiro atoms. The van der Waals surface area contributed by atoms with E-state index in [1.807, 2.05) is 42.5 Å². The lowest BCUT2D eigenvalue weighted by Crippen LogP contribution is -2.10. The Morgan fingerprint density at radius 3 is 2.63 bits per heavy atom. The summed E-state index contributed by atoms with van der Waals surface area (Å²) in [7, 11) is 0.